The summed E-state index contributed by atoms with van der Waals surface area (Å²) in [6.45, 7) is 3.08. The molecule has 0 radical (unpaired) electrons. The van der Waals surface area contributed by atoms with Crippen molar-refractivity contribution >= 4 is 22.8 Å². The fourth-order valence-electron chi connectivity index (χ4n) is 2.83. The van der Waals surface area contributed by atoms with Gasteiger partial charge in [-0.3, -0.25) is 14.2 Å². The van der Waals surface area contributed by atoms with Gasteiger partial charge in [0.05, 0.1) is 23.7 Å². The van der Waals surface area contributed by atoms with Crippen LogP contribution in [-0.2, 0) is 20.9 Å². The fraction of sp³-hybridized carbons (Fsp3) is 0.438. The highest BCUT2D eigenvalue weighted by Crippen LogP contribution is 2.11. The maximum atomic E-state index is 12.6. The Hall–Kier alpha value is -2.61. The topological polar surface area (TPSA) is 96.4 Å². The highest BCUT2D eigenvalue weighted by Gasteiger charge is 2.25. The molecular weight excluding hydrogens is 312 g/mol. The molecule has 128 valence electrons. The number of hydrogen-bond acceptors (Lipinski definition) is 4. The number of hydrogen-bond donors (Lipinski definition) is 2. The summed E-state index contributed by atoms with van der Waals surface area (Å²) in [5, 5.41) is 2.69. The van der Waals surface area contributed by atoms with E-state index in [1.54, 1.807) is 17.0 Å². The molecule has 8 heteroatoms. The molecule has 1 aliphatic rings. The molecule has 1 aromatic carbocycles. The summed E-state index contributed by atoms with van der Waals surface area (Å²) < 4.78 is 7.00. The van der Waals surface area contributed by atoms with Gasteiger partial charge in [0.2, 0.25) is 11.8 Å². The lowest BCUT2D eigenvalue weighted by molar-refractivity contribution is -0.139. The molecule has 2 amide bonds. The van der Waals surface area contributed by atoms with Crippen molar-refractivity contribution in [3.8, 4) is 0 Å². The Labute approximate surface area is 138 Å². The first-order valence-corrected chi connectivity index (χ1v) is 7.86. The van der Waals surface area contributed by atoms with Crippen LogP contribution in [0.5, 0.6) is 0 Å². The van der Waals surface area contributed by atoms with E-state index in [1.165, 1.54) is 11.5 Å². The lowest BCUT2D eigenvalue weighted by atomic mass is 10.2. The Morgan fingerprint density at radius 2 is 2.17 bits per heavy atom. The molecule has 0 bridgehead atoms. The van der Waals surface area contributed by atoms with Gasteiger partial charge in [-0.15, -0.1) is 0 Å². The van der Waals surface area contributed by atoms with Gasteiger partial charge in [0, 0.05) is 26.6 Å². The van der Waals surface area contributed by atoms with Crippen molar-refractivity contribution in [3.05, 3.63) is 34.7 Å². The van der Waals surface area contributed by atoms with Crippen LogP contribution < -0.4 is 11.0 Å². The zero-order valence-corrected chi connectivity index (χ0v) is 13.4. The number of aromatic nitrogens is 2. The Balaban J connectivity index is 1.69. The van der Waals surface area contributed by atoms with E-state index in [0.717, 1.165) is 0 Å². The van der Waals surface area contributed by atoms with Gasteiger partial charge < -0.3 is 19.9 Å². The van der Waals surface area contributed by atoms with Crippen LogP contribution in [0.15, 0.2) is 29.1 Å². The van der Waals surface area contributed by atoms with Crippen LogP contribution in [0.3, 0.4) is 0 Å². The SMILES string of the molecule is CC(=O)NCC1CN(C(=O)Cn2c(=O)[nH]c3ccccc32)CCO1. The molecule has 1 fully saturated rings. The predicted octanol–water partition coefficient (Wildman–Crippen LogP) is -0.307. The van der Waals surface area contributed by atoms with Gasteiger partial charge in [-0.1, -0.05) is 12.1 Å². The van der Waals surface area contributed by atoms with Crippen LogP contribution in [0.1, 0.15) is 6.92 Å². The lowest BCUT2D eigenvalue weighted by Gasteiger charge is -2.33. The van der Waals surface area contributed by atoms with E-state index in [9.17, 15) is 14.4 Å². The van der Waals surface area contributed by atoms with Gasteiger partial charge >= 0.3 is 5.69 Å². The third-order valence-corrected chi connectivity index (χ3v) is 4.05. The summed E-state index contributed by atoms with van der Waals surface area (Å²) in [6, 6.07) is 7.27. The number of imidazole rings is 1. The number of fused-ring (bicyclic) bond motifs is 1. The second-order valence-corrected chi connectivity index (χ2v) is 5.80. The molecule has 1 unspecified atom stereocenters. The number of H-pyrrole nitrogens is 1. The van der Waals surface area contributed by atoms with Crippen molar-refractivity contribution < 1.29 is 14.3 Å². The second kappa shape index (κ2) is 6.88. The van der Waals surface area contributed by atoms with Crippen LogP contribution in [0.2, 0.25) is 0 Å². The smallest absolute Gasteiger partial charge is 0.326 e. The normalized spacial score (nSPS) is 17.9. The standard InChI is InChI=1S/C16H20N4O4/c1-11(21)17-8-12-9-19(6-7-24-12)15(22)10-20-14-5-3-2-4-13(14)18-16(20)23/h2-5,12H,6-10H2,1H3,(H,17,21)(H,18,23). The van der Waals surface area contributed by atoms with Gasteiger partial charge in [-0.2, -0.15) is 0 Å². The number of amides is 2. The summed E-state index contributed by atoms with van der Waals surface area (Å²) in [7, 11) is 0. The van der Waals surface area contributed by atoms with Crippen molar-refractivity contribution in [1.29, 1.82) is 0 Å². The van der Waals surface area contributed by atoms with Gasteiger partial charge in [-0.25, -0.2) is 4.79 Å². The molecule has 0 saturated carbocycles. The summed E-state index contributed by atoms with van der Waals surface area (Å²) in [5.41, 5.74) is 1.12. The Morgan fingerprint density at radius 3 is 2.96 bits per heavy atom. The summed E-state index contributed by atoms with van der Waals surface area (Å²) >= 11 is 0. The van der Waals surface area contributed by atoms with Crippen LogP contribution in [0, 0.1) is 0 Å². The van der Waals surface area contributed by atoms with Gasteiger partial charge in [-0.05, 0) is 12.1 Å². The van der Waals surface area contributed by atoms with Gasteiger partial charge in [0.15, 0.2) is 0 Å². The number of rotatable bonds is 4. The minimum atomic E-state index is -0.299. The maximum Gasteiger partial charge on any atom is 0.326 e. The summed E-state index contributed by atoms with van der Waals surface area (Å²) in [5.74, 6) is -0.273. The number of nitrogens with zero attached hydrogens (tertiary/aromatic N) is 2. The van der Waals surface area contributed by atoms with Crippen molar-refractivity contribution in [3.63, 3.8) is 0 Å². The molecule has 1 atom stereocenters. The number of aromatic amines is 1. The second-order valence-electron chi connectivity index (χ2n) is 5.80. The highest BCUT2D eigenvalue weighted by molar-refractivity contribution is 5.80. The first kappa shape index (κ1) is 16.3. The van der Waals surface area contributed by atoms with Crippen LogP contribution in [0.4, 0.5) is 0 Å². The molecule has 24 heavy (non-hydrogen) atoms. The quantitative estimate of drug-likeness (QED) is 0.803. The van der Waals surface area contributed by atoms with Crippen molar-refractivity contribution in [1.82, 2.24) is 19.8 Å². The highest BCUT2D eigenvalue weighted by atomic mass is 16.5. The molecule has 1 aromatic heterocycles. The van der Waals surface area contributed by atoms with E-state index >= 15 is 0 Å². The van der Waals surface area contributed by atoms with Crippen molar-refractivity contribution in [2.24, 2.45) is 0 Å². The molecule has 1 aliphatic heterocycles. The predicted molar refractivity (Wildman–Crippen MR) is 87.6 cm³/mol. The fourth-order valence-corrected chi connectivity index (χ4v) is 2.83. The van der Waals surface area contributed by atoms with E-state index in [4.69, 9.17) is 4.74 Å². The molecular formula is C16H20N4O4. The summed E-state index contributed by atoms with van der Waals surface area (Å²) in [4.78, 5) is 40.0. The first-order valence-electron chi connectivity index (χ1n) is 7.86. The number of ether oxygens (including phenoxy) is 1. The van der Waals surface area contributed by atoms with Crippen molar-refractivity contribution in [2.45, 2.75) is 19.6 Å². The van der Waals surface area contributed by atoms with E-state index in [1.807, 2.05) is 12.1 Å². The molecule has 0 spiro atoms. The van der Waals surface area contributed by atoms with E-state index in [0.29, 0.717) is 37.3 Å². The van der Waals surface area contributed by atoms with Crippen molar-refractivity contribution in [2.75, 3.05) is 26.2 Å². The number of benzene rings is 1. The van der Waals surface area contributed by atoms with E-state index in [-0.39, 0.29) is 30.2 Å². The monoisotopic (exact) mass is 332 g/mol. The largest absolute Gasteiger partial charge is 0.373 e. The first-order chi connectivity index (χ1) is 11.5. The lowest BCUT2D eigenvalue weighted by Crippen LogP contribution is -2.50. The molecule has 3 rings (SSSR count). The molecule has 1 saturated heterocycles. The zero-order valence-electron chi connectivity index (χ0n) is 13.4. The number of para-hydroxylation sites is 2. The minimum absolute atomic E-state index is 0.0182. The maximum absolute atomic E-state index is 12.6. The Bertz CT molecular complexity index is 810. The molecule has 8 nitrogen and oxygen atoms in total. The van der Waals surface area contributed by atoms with Crippen LogP contribution in [0.25, 0.3) is 11.0 Å². The minimum Gasteiger partial charge on any atom is -0.373 e. The number of carbonyl (C=O) groups is 2. The Kier molecular flexibility index (Phi) is 4.66. The molecule has 2 aromatic rings. The van der Waals surface area contributed by atoms with E-state index in [2.05, 4.69) is 10.3 Å². The summed E-state index contributed by atoms with van der Waals surface area (Å²) in [6.07, 6.45) is -0.230. The molecule has 2 N–H and O–H groups in total. The average molecular weight is 332 g/mol. The Morgan fingerprint density at radius 1 is 1.38 bits per heavy atom. The van der Waals surface area contributed by atoms with Crippen LogP contribution >= 0.6 is 0 Å². The third kappa shape index (κ3) is 3.48. The van der Waals surface area contributed by atoms with E-state index < -0.39 is 0 Å². The van der Waals surface area contributed by atoms with Crippen LogP contribution in [-0.4, -0.2) is 58.6 Å². The zero-order chi connectivity index (χ0) is 17.1. The third-order valence-electron chi connectivity index (χ3n) is 4.05. The molecule has 0 aliphatic carbocycles. The number of carbonyl (C=O) groups excluding carboxylic acids is 2. The molecule has 2 heterocycles. The number of morpholine rings is 1. The number of nitrogens with one attached hydrogen (secondary N) is 2. The van der Waals surface area contributed by atoms with Gasteiger partial charge in [0.25, 0.3) is 0 Å². The van der Waals surface area contributed by atoms with Gasteiger partial charge in [0.1, 0.15) is 6.54 Å². The average Bonchev–Trinajstić information content (AvgIpc) is 2.89.